The van der Waals surface area contributed by atoms with Gasteiger partial charge in [-0.15, -0.1) is 22.9 Å². The van der Waals surface area contributed by atoms with E-state index in [1.165, 1.54) is 0 Å². The monoisotopic (exact) mass is 323 g/mol. The van der Waals surface area contributed by atoms with Gasteiger partial charge >= 0.3 is 0 Å². The Hall–Kier alpha value is -1.40. The molecule has 0 fully saturated rings. The van der Waals surface area contributed by atoms with Crippen LogP contribution in [-0.4, -0.2) is 24.3 Å². The van der Waals surface area contributed by atoms with E-state index >= 15 is 0 Å². The van der Waals surface area contributed by atoms with Crippen LogP contribution in [0.25, 0.3) is 11.2 Å². The van der Waals surface area contributed by atoms with Gasteiger partial charge in [0.1, 0.15) is 16.3 Å². The number of hydrogen-bond acceptors (Lipinski definition) is 4. The molecule has 0 bridgehead atoms. The number of alkyl halides is 1. The largest absolute Gasteiger partial charge is 0.300 e. The molecule has 7 heteroatoms. The molecule has 0 amide bonds. The maximum absolute atomic E-state index is 6.15. The molecule has 3 aromatic heterocycles. The van der Waals surface area contributed by atoms with Crippen molar-refractivity contribution in [1.29, 1.82) is 0 Å². The lowest BCUT2D eigenvalue weighted by Crippen LogP contribution is -2.30. The second kappa shape index (κ2) is 5.10. The van der Waals surface area contributed by atoms with Crippen LogP contribution < -0.4 is 0 Å². The van der Waals surface area contributed by atoms with Crippen molar-refractivity contribution in [1.82, 2.24) is 24.3 Å². The molecule has 0 spiro atoms. The van der Waals surface area contributed by atoms with Gasteiger partial charge in [-0.25, -0.2) is 14.6 Å². The van der Waals surface area contributed by atoms with Crippen molar-refractivity contribution in [2.75, 3.05) is 0 Å². The van der Waals surface area contributed by atoms with Crippen molar-refractivity contribution in [3.8, 4) is 0 Å². The summed E-state index contributed by atoms with van der Waals surface area (Å²) in [6, 6.07) is 0. The Labute approximate surface area is 132 Å². The molecular weight excluding hydrogens is 306 g/mol. The van der Waals surface area contributed by atoms with Crippen LogP contribution in [0, 0.1) is 6.92 Å². The van der Waals surface area contributed by atoms with E-state index in [1.807, 2.05) is 23.2 Å². The Balaban J connectivity index is 2.35. The lowest BCUT2D eigenvalue weighted by atomic mass is 10.1. The first-order valence-corrected chi connectivity index (χ1v) is 8.33. The molecule has 0 N–H and O–H groups in total. The number of rotatable bonds is 4. The highest BCUT2D eigenvalue weighted by molar-refractivity contribution is 7.09. The predicted octanol–water partition coefficient (Wildman–Crippen LogP) is 3.54. The lowest BCUT2D eigenvalue weighted by molar-refractivity contribution is 0.424. The zero-order valence-electron chi connectivity index (χ0n) is 12.6. The number of nitrogens with zero attached hydrogens (tertiary/aromatic N) is 5. The van der Waals surface area contributed by atoms with Crippen LogP contribution in [0.2, 0.25) is 0 Å². The van der Waals surface area contributed by atoms with Crippen molar-refractivity contribution >= 4 is 34.1 Å². The molecule has 3 aromatic rings. The number of halogens is 1. The topological polar surface area (TPSA) is 48.5 Å². The molecule has 0 aliphatic rings. The summed E-state index contributed by atoms with van der Waals surface area (Å²) in [7, 11) is 0. The Morgan fingerprint density at radius 2 is 2.14 bits per heavy atom. The molecule has 0 aromatic carbocycles. The molecule has 0 saturated heterocycles. The predicted molar refractivity (Wildman–Crippen MR) is 86.0 cm³/mol. The average Bonchev–Trinajstić information content (AvgIpc) is 3.14. The van der Waals surface area contributed by atoms with Gasteiger partial charge in [-0.05, 0) is 27.7 Å². The molecule has 0 unspecified atom stereocenters. The molecule has 3 heterocycles. The van der Waals surface area contributed by atoms with Crippen LogP contribution in [0.5, 0.6) is 0 Å². The number of aryl methyl sites for hydroxylation is 2. The highest BCUT2D eigenvalue weighted by Gasteiger charge is 2.32. The summed E-state index contributed by atoms with van der Waals surface area (Å²) in [5.74, 6) is 1.22. The van der Waals surface area contributed by atoms with Gasteiger partial charge < -0.3 is 0 Å². The van der Waals surface area contributed by atoms with Crippen molar-refractivity contribution < 1.29 is 0 Å². The summed E-state index contributed by atoms with van der Waals surface area (Å²) in [6.07, 6.45) is 1.83. The maximum Gasteiger partial charge on any atom is 0.159 e. The zero-order valence-corrected chi connectivity index (χ0v) is 14.2. The second-order valence-corrected chi connectivity index (χ2v) is 6.63. The molecule has 112 valence electrons. The molecule has 0 atom stereocenters. The minimum Gasteiger partial charge on any atom is -0.300 e. The quantitative estimate of drug-likeness (QED) is 0.690. The summed E-state index contributed by atoms with van der Waals surface area (Å²) in [5, 5.41) is 7.60. The zero-order chi connectivity index (χ0) is 15.2. The van der Waals surface area contributed by atoms with Crippen molar-refractivity contribution in [3.63, 3.8) is 0 Å². The van der Waals surface area contributed by atoms with E-state index < -0.39 is 0 Å². The first-order chi connectivity index (χ1) is 10.0. The Kier molecular flexibility index (Phi) is 3.53. The minimum atomic E-state index is -0.313. The summed E-state index contributed by atoms with van der Waals surface area (Å²) in [6.45, 7) is 9.16. The Bertz CT molecular complexity index is 769. The summed E-state index contributed by atoms with van der Waals surface area (Å²) < 4.78 is 4.17. The van der Waals surface area contributed by atoms with Gasteiger partial charge in [-0.1, -0.05) is 0 Å². The molecule has 0 radical (unpaired) electrons. The van der Waals surface area contributed by atoms with Crippen LogP contribution in [0.15, 0.2) is 11.6 Å². The first-order valence-electron chi connectivity index (χ1n) is 6.91. The fraction of sp³-hybridized carbons (Fsp3) is 0.500. The highest BCUT2D eigenvalue weighted by Crippen LogP contribution is 2.33. The Morgan fingerprint density at radius 1 is 1.38 bits per heavy atom. The summed E-state index contributed by atoms with van der Waals surface area (Å²) in [5.41, 5.74) is 2.57. The highest BCUT2D eigenvalue weighted by atomic mass is 35.5. The standard InChI is InChI=1S/C14H18ClN5S/c1-5-19-12-11(9(2)18-19)17-10(8-15)20(12)14(3,4)13-16-6-7-21-13/h6-7H,5,8H2,1-4H3. The molecule has 0 aliphatic carbocycles. The summed E-state index contributed by atoms with van der Waals surface area (Å²) >= 11 is 7.79. The lowest BCUT2D eigenvalue weighted by Gasteiger charge is -2.27. The fourth-order valence-electron chi connectivity index (χ4n) is 2.73. The van der Waals surface area contributed by atoms with E-state index in [-0.39, 0.29) is 5.54 Å². The molecule has 21 heavy (non-hydrogen) atoms. The minimum absolute atomic E-state index is 0.313. The normalized spacial score (nSPS) is 12.4. The molecule has 5 nitrogen and oxygen atoms in total. The molecule has 0 saturated carbocycles. The van der Waals surface area contributed by atoms with Gasteiger partial charge in [-0.2, -0.15) is 5.10 Å². The van der Waals surface area contributed by atoms with E-state index in [0.717, 1.165) is 34.2 Å². The first kappa shape index (κ1) is 14.5. The molecule has 0 aliphatic heterocycles. The van der Waals surface area contributed by atoms with Gasteiger partial charge in [0.15, 0.2) is 5.65 Å². The second-order valence-electron chi connectivity index (χ2n) is 5.47. The average molecular weight is 324 g/mol. The van der Waals surface area contributed by atoms with E-state index in [2.05, 4.69) is 35.4 Å². The van der Waals surface area contributed by atoms with Crippen LogP contribution >= 0.6 is 22.9 Å². The van der Waals surface area contributed by atoms with Crippen LogP contribution in [0.3, 0.4) is 0 Å². The van der Waals surface area contributed by atoms with E-state index in [0.29, 0.717) is 5.88 Å². The van der Waals surface area contributed by atoms with Gasteiger partial charge in [0, 0.05) is 18.1 Å². The van der Waals surface area contributed by atoms with Crippen LogP contribution in [0.4, 0.5) is 0 Å². The van der Waals surface area contributed by atoms with Crippen LogP contribution in [0.1, 0.15) is 37.3 Å². The van der Waals surface area contributed by atoms with E-state index in [1.54, 1.807) is 11.3 Å². The molecular formula is C14H18ClN5S. The smallest absolute Gasteiger partial charge is 0.159 e. The fourth-order valence-corrected chi connectivity index (χ4v) is 3.66. The van der Waals surface area contributed by atoms with Gasteiger partial charge in [-0.3, -0.25) is 4.57 Å². The van der Waals surface area contributed by atoms with E-state index in [9.17, 15) is 0 Å². The van der Waals surface area contributed by atoms with Crippen LogP contribution in [-0.2, 0) is 18.0 Å². The van der Waals surface area contributed by atoms with Crippen molar-refractivity contribution in [3.05, 3.63) is 28.1 Å². The number of fused-ring (bicyclic) bond motifs is 1. The maximum atomic E-state index is 6.15. The SMILES string of the molecule is CCn1nc(C)c2nc(CCl)n(C(C)(C)c3nccs3)c21. The number of thiazole rings is 1. The number of hydrogen-bond donors (Lipinski definition) is 0. The van der Waals surface area contributed by atoms with Gasteiger partial charge in [0.2, 0.25) is 0 Å². The molecule has 3 rings (SSSR count). The third-order valence-electron chi connectivity index (χ3n) is 3.71. The summed E-state index contributed by atoms with van der Waals surface area (Å²) in [4.78, 5) is 9.19. The number of aromatic nitrogens is 5. The van der Waals surface area contributed by atoms with Gasteiger partial charge in [0.05, 0.1) is 17.1 Å². The van der Waals surface area contributed by atoms with Crippen molar-refractivity contribution in [2.24, 2.45) is 0 Å². The third kappa shape index (κ3) is 2.08. The third-order valence-corrected chi connectivity index (χ3v) is 5.04. The number of imidazole rings is 1. The van der Waals surface area contributed by atoms with E-state index in [4.69, 9.17) is 16.6 Å². The Morgan fingerprint density at radius 3 is 2.71 bits per heavy atom. The van der Waals surface area contributed by atoms with Gasteiger partial charge in [0.25, 0.3) is 0 Å². The van der Waals surface area contributed by atoms with Crippen molar-refractivity contribution in [2.45, 2.75) is 45.7 Å².